The molecule has 0 bridgehead atoms. The summed E-state index contributed by atoms with van der Waals surface area (Å²) in [6.45, 7) is 2.66. The van der Waals surface area contributed by atoms with Gasteiger partial charge in [-0.25, -0.2) is 9.78 Å². The summed E-state index contributed by atoms with van der Waals surface area (Å²) >= 11 is 0. The molecule has 2 rings (SSSR count). The highest BCUT2D eigenvalue weighted by Crippen LogP contribution is 2.25. The van der Waals surface area contributed by atoms with E-state index in [0.717, 1.165) is 30.7 Å². The molecule has 0 spiro atoms. The second kappa shape index (κ2) is 11.5. The van der Waals surface area contributed by atoms with E-state index in [1.807, 2.05) is 19.1 Å². The van der Waals surface area contributed by atoms with Gasteiger partial charge >= 0.3 is 6.09 Å². The molecule has 0 radical (unpaired) electrons. The van der Waals surface area contributed by atoms with Crippen LogP contribution in [0.2, 0.25) is 0 Å². The summed E-state index contributed by atoms with van der Waals surface area (Å²) in [6, 6.07) is 3.74. The van der Waals surface area contributed by atoms with Crippen LogP contribution in [-0.2, 0) is 4.74 Å². The Labute approximate surface area is 167 Å². The molecule has 0 atom stereocenters. The summed E-state index contributed by atoms with van der Waals surface area (Å²) in [4.78, 5) is 17.9. The van der Waals surface area contributed by atoms with Gasteiger partial charge in [0, 0.05) is 20.2 Å². The molecule has 3 N–H and O–H groups in total. The van der Waals surface area contributed by atoms with E-state index in [4.69, 9.17) is 20.3 Å². The Bertz CT molecular complexity index is 657. The molecule has 7 heteroatoms. The van der Waals surface area contributed by atoms with Crippen LogP contribution in [0.3, 0.4) is 0 Å². The normalized spacial score (nSPS) is 15.3. The molecule has 0 saturated heterocycles. The molecule has 0 unspecified atom stereocenters. The Hall–Kier alpha value is -2.28. The molecule has 28 heavy (non-hydrogen) atoms. The van der Waals surface area contributed by atoms with Crippen LogP contribution in [0.5, 0.6) is 5.75 Å². The lowest BCUT2D eigenvalue weighted by atomic mass is 9.98. The number of unbranched alkanes of at least 4 members (excludes halogenated alkanes) is 1. The number of nitrogens with two attached hydrogens (primary N) is 1. The molecule has 1 fully saturated rings. The number of nitrogens with zero attached hydrogens (tertiary/aromatic N) is 2. The number of aromatic nitrogens is 1. The smallest absolute Gasteiger partial charge is 0.409 e. The van der Waals surface area contributed by atoms with E-state index in [1.54, 1.807) is 13.1 Å². The van der Waals surface area contributed by atoms with Crippen molar-refractivity contribution >= 4 is 11.8 Å². The van der Waals surface area contributed by atoms with E-state index in [1.165, 1.54) is 24.2 Å². The van der Waals surface area contributed by atoms with Crippen molar-refractivity contribution in [2.45, 2.75) is 58.0 Å². The lowest BCUT2D eigenvalue weighted by Crippen LogP contribution is -2.28. The highest BCUT2D eigenvalue weighted by Gasteiger charge is 2.16. The summed E-state index contributed by atoms with van der Waals surface area (Å²) < 4.78 is 11.3. The predicted octanol–water partition coefficient (Wildman–Crippen LogP) is 3.24. The first kappa shape index (κ1) is 22.0. The molecule has 1 heterocycles. The zero-order valence-corrected chi connectivity index (χ0v) is 17.0. The van der Waals surface area contributed by atoms with Crippen LogP contribution in [0.25, 0.3) is 5.70 Å². The number of carbonyl (C=O) groups excluding carboxylic acids is 1. The van der Waals surface area contributed by atoms with Crippen molar-refractivity contribution in [2.24, 2.45) is 5.73 Å². The van der Waals surface area contributed by atoms with Crippen LogP contribution in [0.15, 0.2) is 18.2 Å². The van der Waals surface area contributed by atoms with Crippen molar-refractivity contribution in [3.8, 4) is 5.75 Å². The summed E-state index contributed by atoms with van der Waals surface area (Å²) in [5, 5.41) is 8.78. The molecule has 1 aliphatic carbocycles. The standard InChI is InChI=1S/C21H33N3O4/c1-16-20(28-17-8-4-3-5-9-17)11-10-19(23-16)18(22)12-15-27-21(26)24(2)13-6-7-14-25/h10-12,17,25H,3-9,13-15,22H2,1-2H3/b18-12+. The molecular formula is C21H33N3O4. The Morgan fingerprint density at radius 2 is 2.07 bits per heavy atom. The quantitative estimate of drug-likeness (QED) is 0.627. The molecule has 156 valence electrons. The number of hydrogen-bond donors (Lipinski definition) is 2. The predicted molar refractivity (Wildman–Crippen MR) is 109 cm³/mol. The maximum atomic E-state index is 11.9. The molecule has 1 aromatic heterocycles. The lowest BCUT2D eigenvalue weighted by molar-refractivity contribution is 0.120. The van der Waals surface area contributed by atoms with E-state index < -0.39 is 6.09 Å². The van der Waals surface area contributed by atoms with Gasteiger partial charge in [0.05, 0.1) is 23.2 Å². The molecule has 1 saturated carbocycles. The third kappa shape index (κ3) is 7.03. The molecule has 1 aliphatic rings. The van der Waals surface area contributed by atoms with Crippen molar-refractivity contribution in [3.63, 3.8) is 0 Å². The first-order valence-electron chi connectivity index (χ1n) is 10.1. The van der Waals surface area contributed by atoms with E-state index in [-0.39, 0.29) is 19.3 Å². The van der Waals surface area contributed by atoms with Gasteiger partial charge in [0.25, 0.3) is 0 Å². The molecule has 7 nitrogen and oxygen atoms in total. The number of aryl methyl sites for hydroxylation is 1. The van der Waals surface area contributed by atoms with E-state index >= 15 is 0 Å². The van der Waals surface area contributed by atoms with Crippen molar-refractivity contribution in [1.82, 2.24) is 9.88 Å². The third-order valence-electron chi connectivity index (χ3n) is 4.90. The molecule has 0 aliphatic heterocycles. The molecule has 1 amide bonds. The number of aliphatic hydroxyl groups excluding tert-OH is 1. The van der Waals surface area contributed by atoms with Gasteiger partial charge in [-0.15, -0.1) is 0 Å². The van der Waals surface area contributed by atoms with Gasteiger partial charge in [-0.2, -0.15) is 0 Å². The van der Waals surface area contributed by atoms with Gasteiger partial charge < -0.3 is 25.2 Å². The first-order valence-corrected chi connectivity index (χ1v) is 10.1. The molecule has 0 aromatic carbocycles. The van der Waals surface area contributed by atoms with Gasteiger partial charge in [0.15, 0.2) is 0 Å². The minimum absolute atomic E-state index is 0.0794. The Morgan fingerprint density at radius 3 is 2.75 bits per heavy atom. The van der Waals surface area contributed by atoms with Gasteiger partial charge in [-0.1, -0.05) is 6.42 Å². The fourth-order valence-corrected chi connectivity index (χ4v) is 3.17. The maximum absolute atomic E-state index is 11.9. The van der Waals surface area contributed by atoms with Gasteiger partial charge in [-0.3, -0.25) is 0 Å². The lowest BCUT2D eigenvalue weighted by Gasteiger charge is -2.23. The van der Waals surface area contributed by atoms with E-state index in [0.29, 0.717) is 24.4 Å². The number of ether oxygens (including phenoxy) is 2. The highest BCUT2D eigenvalue weighted by atomic mass is 16.6. The van der Waals surface area contributed by atoms with Crippen molar-refractivity contribution in [3.05, 3.63) is 29.6 Å². The second-order valence-corrected chi connectivity index (χ2v) is 7.25. The van der Waals surface area contributed by atoms with Gasteiger partial charge in [0.1, 0.15) is 12.4 Å². The van der Waals surface area contributed by atoms with E-state index in [9.17, 15) is 4.79 Å². The van der Waals surface area contributed by atoms with Crippen molar-refractivity contribution in [1.29, 1.82) is 0 Å². The Kier molecular flexibility index (Phi) is 9.07. The number of rotatable bonds is 9. The summed E-state index contributed by atoms with van der Waals surface area (Å²) in [6.07, 6.45) is 8.84. The fraction of sp³-hybridized carbons (Fsp3) is 0.619. The monoisotopic (exact) mass is 391 g/mol. The number of amides is 1. The number of carbonyl (C=O) groups is 1. The summed E-state index contributed by atoms with van der Waals surface area (Å²) in [7, 11) is 1.67. The van der Waals surface area contributed by atoms with Crippen LogP contribution in [-0.4, -0.2) is 54.0 Å². The van der Waals surface area contributed by atoms with E-state index in [2.05, 4.69) is 4.98 Å². The highest BCUT2D eigenvalue weighted by molar-refractivity contribution is 5.67. The van der Waals surface area contributed by atoms with Gasteiger partial charge in [0.2, 0.25) is 0 Å². The largest absolute Gasteiger partial charge is 0.489 e. The van der Waals surface area contributed by atoms with Crippen LogP contribution in [0, 0.1) is 6.92 Å². The first-order chi connectivity index (χ1) is 13.5. The SMILES string of the molecule is Cc1nc(/C(N)=C\COC(=O)N(C)CCCCO)ccc1OC1CCCCC1. The van der Waals surface area contributed by atoms with Crippen molar-refractivity contribution in [2.75, 3.05) is 26.8 Å². The number of hydrogen-bond acceptors (Lipinski definition) is 6. The molecular weight excluding hydrogens is 358 g/mol. The Balaban J connectivity index is 1.84. The van der Waals surface area contributed by atoms with Crippen LogP contribution in [0.4, 0.5) is 4.79 Å². The maximum Gasteiger partial charge on any atom is 0.409 e. The van der Waals surface area contributed by atoms with Crippen LogP contribution in [0.1, 0.15) is 56.3 Å². The Morgan fingerprint density at radius 1 is 1.32 bits per heavy atom. The van der Waals surface area contributed by atoms with Crippen molar-refractivity contribution < 1.29 is 19.4 Å². The summed E-state index contributed by atoms with van der Waals surface area (Å²) in [5.74, 6) is 0.805. The fourth-order valence-electron chi connectivity index (χ4n) is 3.17. The summed E-state index contributed by atoms with van der Waals surface area (Å²) in [5.41, 5.74) is 7.99. The third-order valence-corrected chi connectivity index (χ3v) is 4.90. The minimum atomic E-state index is -0.414. The van der Waals surface area contributed by atoms with Crippen LogP contribution < -0.4 is 10.5 Å². The minimum Gasteiger partial charge on any atom is -0.489 e. The average Bonchev–Trinajstić information content (AvgIpc) is 2.70. The zero-order chi connectivity index (χ0) is 20.4. The second-order valence-electron chi connectivity index (χ2n) is 7.25. The van der Waals surface area contributed by atoms with Crippen LogP contribution >= 0.6 is 0 Å². The zero-order valence-electron chi connectivity index (χ0n) is 17.0. The average molecular weight is 392 g/mol. The molecule has 1 aromatic rings. The van der Waals surface area contributed by atoms with Gasteiger partial charge in [-0.05, 0) is 63.7 Å². The topological polar surface area (TPSA) is 97.9 Å². The number of aliphatic hydroxyl groups is 1. The number of pyridine rings is 1.